The molecule has 2 N–H and O–H groups in total. The van der Waals surface area contributed by atoms with Crippen molar-refractivity contribution in [1.29, 1.82) is 0 Å². The average molecular weight is 469 g/mol. The molecule has 2 aliphatic rings. The number of hydrogen-bond donors (Lipinski definition) is 2. The summed E-state index contributed by atoms with van der Waals surface area (Å²) in [7, 11) is 0. The van der Waals surface area contributed by atoms with Crippen LogP contribution < -0.4 is 4.90 Å². The molecule has 1 aliphatic carbocycles. The maximum absolute atomic E-state index is 11.1. The number of halogens is 1. The summed E-state index contributed by atoms with van der Waals surface area (Å²) < 4.78 is 0. The lowest BCUT2D eigenvalue weighted by molar-refractivity contribution is 0.245. The highest BCUT2D eigenvalue weighted by molar-refractivity contribution is 6.30. The summed E-state index contributed by atoms with van der Waals surface area (Å²) in [4.78, 5) is 4.76. The van der Waals surface area contributed by atoms with E-state index in [1.54, 1.807) is 6.08 Å². The highest BCUT2D eigenvalue weighted by atomic mass is 35.5. The third-order valence-corrected chi connectivity index (χ3v) is 6.79. The summed E-state index contributed by atoms with van der Waals surface area (Å²) in [6.07, 6.45) is 7.14. The Hall–Kier alpha value is -2.43. The van der Waals surface area contributed by atoms with Crippen LogP contribution in [0.2, 0.25) is 5.02 Å². The van der Waals surface area contributed by atoms with Crippen molar-refractivity contribution in [3.8, 4) is 11.5 Å². The molecular formula is C28H37ClN2O2. The first-order valence-corrected chi connectivity index (χ1v) is 12.2. The Labute approximate surface area is 203 Å². The van der Waals surface area contributed by atoms with Crippen molar-refractivity contribution in [2.45, 2.75) is 52.5 Å². The summed E-state index contributed by atoms with van der Waals surface area (Å²) in [5, 5.41) is 22.5. The molecule has 0 aromatic heterocycles. The van der Waals surface area contributed by atoms with Gasteiger partial charge in [-0.3, -0.25) is 4.90 Å². The van der Waals surface area contributed by atoms with Gasteiger partial charge in [0.2, 0.25) is 0 Å². The van der Waals surface area contributed by atoms with E-state index < -0.39 is 0 Å². The lowest BCUT2D eigenvalue weighted by Gasteiger charge is -2.36. The molecule has 2 aromatic carbocycles. The summed E-state index contributed by atoms with van der Waals surface area (Å²) in [6, 6.07) is 9.83. The van der Waals surface area contributed by atoms with Crippen molar-refractivity contribution in [3.63, 3.8) is 0 Å². The van der Waals surface area contributed by atoms with Gasteiger partial charge in [0.1, 0.15) is 11.5 Å². The molecule has 1 atom stereocenters. The highest BCUT2D eigenvalue weighted by Gasteiger charge is 2.26. The summed E-state index contributed by atoms with van der Waals surface area (Å²) in [5.41, 5.74) is 5.13. The zero-order valence-corrected chi connectivity index (χ0v) is 20.9. The number of hydrogen-bond acceptors (Lipinski definition) is 4. The van der Waals surface area contributed by atoms with Gasteiger partial charge in [-0.2, -0.15) is 0 Å². The van der Waals surface area contributed by atoms with Gasteiger partial charge < -0.3 is 15.1 Å². The van der Waals surface area contributed by atoms with Gasteiger partial charge in [0.25, 0.3) is 0 Å². The number of phenols is 2. The summed E-state index contributed by atoms with van der Waals surface area (Å²) >= 11 is 6.01. The third kappa shape index (κ3) is 6.33. The number of aryl methyl sites for hydroxylation is 1. The van der Waals surface area contributed by atoms with Crippen molar-refractivity contribution in [1.82, 2.24) is 4.90 Å². The summed E-state index contributed by atoms with van der Waals surface area (Å²) in [6.45, 7) is 13.8. The van der Waals surface area contributed by atoms with E-state index in [0.29, 0.717) is 12.1 Å². The standard InChI is InChI=1S/C25H31ClN2O2.C3H6/c1-17-4-3-5-19(14-17)24-23(29)15-18(2)22(25(24)30)16-27-10-12-28(13-11-27)21-8-6-20(26)7-9-21;1-3-2/h6-9,14-15,19,29-30H,3-5,10-13,16H2,1-2H3;3H,1H2,2H3. The van der Waals surface area contributed by atoms with Gasteiger partial charge >= 0.3 is 0 Å². The quantitative estimate of drug-likeness (QED) is 0.485. The van der Waals surface area contributed by atoms with E-state index in [4.69, 9.17) is 11.6 Å². The van der Waals surface area contributed by atoms with Crippen LogP contribution in [0.1, 0.15) is 55.7 Å². The fourth-order valence-electron chi connectivity index (χ4n) is 4.78. The van der Waals surface area contributed by atoms with Crippen LogP contribution in [0.4, 0.5) is 5.69 Å². The van der Waals surface area contributed by atoms with E-state index in [0.717, 1.165) is 61.6 Å². The van der Waals surface area contributed by atoms with Crippen LogP contribution in [0.3, 0.4) is 0 Å². The molecule has 0 bridgehead atoms. The molecular weight excluding hydrogens is 432 g/mol. The Bertz CT molecular complexity index is 976. The van der Waals surface area contributed by atoms with Gasteiger partial charge in [0, 0.05) is 60.5 Å². The molecule has 1 heterocycles. The Morgan fingerprint density at radius 2 is 1.73 bits per heavy atom. The molecule has 1 aliphatic heterocycles. The number of piperazine rings is 1. The zero-order chi connectivity index (χ0) is 24.0. The molecule has 33 heavy (non-hydrogen) atoms. The molecule has 4 nitrogen and oxygen atoms in total. The van der Waals surface area contributed by atoms with E-state index >= 15 is 0 Å². The molecule has 2 aromatic rings. The van der Waals surface area contributed by atoms with Crippen molar-refractivity contribution in [2.75, 3.05) is 31.1 Å². The van der Waals surface area contributed by atoms with Crippen molar-refractivity contribution >= 4 is 17.3 Å². The van der Waals surface area contributed by atoms with Gasteiger partial charge in [-0.15, -0.1) is 6.58 Å². The molecule has 0 saturated carbocycles. The van der Waals surface area contributed by atoms with Gasteiger partial charge in [0.15, 0.2) is 0 Å². The monoisotopic (exact) mass is 468 g/mol. The fourth-order valence-corrected chi connectivity index (χ4v) is 4.91. The third-order valence-electron chi connectivity index (χ3n) is 6.53. The van der Waals surface area contributed by atoms with Gasteiger partial charge in [-0.05, 0) is 75.9 Å². The van der Waals surface area contributed by atoms with E-state index in [1.807, 2.05) is 32.0 Å². The molecule has 1 fully saturated rings. The second-order valence-electron chi connectivity index (χ2n) is 9.11. The molecule has 1 unspecified atom stereocenters. The van der Waals surface area contributed by atoms with Crippen LogP contribution in [0.25, 0.3) is 0 Å². The van der Waals surface area contributed by atoms with Gasteiger partial charge in [-0.25, -0.2) is 0 Å². The number of phenolic OH excluding ortho intramolecular Hbond substituents is 2. The fraction of sp³-hybridized carbons (Fsp3) is 0.429. The van der Waals surface area contributed by atoms with Gasteiger partial charge in [-0.1, -0.05) is 29.3 Å². The first-order valence-electron chi connectivity index (χ1n) is 11.9. The molecule has 0 radical (unpaired) electrons. The van der Waals surface area contributed by atoms with E-state index in [-0.39, 0.29) is 17.4 Å². The smallest absolute Gasteiger partial charge is 0.127 e. The van der Waals surface area contributed by atoms with E-state index in [9.17, 15) is 10.2 Å². The van der Waals surface area contributed by atoms with Crippen molar-refractivity contribution in [3.05, 3.63) is 76.3 Å². The topological polar surface area (TPSA) is 46.9 Å². The average Bonchev–Trinajstić information content (AvgIpc) is 2.78. The Balaban J connectivity index is 0.000000968. The SMILES string of the molecule is C=CC.CC1=CC(c2c(O)cc(C)c(CN3CCN(c4ccc(Cl)cc4)CC3)c2O)CCC1. The molecule has 178 valence electrons. The number of nitrogens with zero attached hydrogens (tertiary/aromatic N) is 2. The van der Waals surface area contributed by atoms with Gasteiger partial charge in [0.05, 0.1) is 0 Å². The van der Waals surface area contributed by atoms with E-state index in [2.05, 4.69) is 41.5 Å². The Morgan fingerprint density at radius 3 is 2.33 bits per heavy atom. The first-order chi connectivity index (χ1) is 15.8. The van der Waals surface area contributed by atoms with Crippen LogP contribution >= 0.6 is 11.6 Å². The molecule has 0 spiro atoms. The van der Waals surface area contributed by atoms with Crippen molar-refractivity contribution in [2.24, 2.45) is 0 Å². The molecule has 4 rings (SSSR count). The predicted octanol–water partition coefficient (Wildman–Crippen LogP) is 6.79. The number of aromatic hydroxyl groups is 2. The predicted molar refractivity (Wildman–Crippen MR) is 140 cm³/mol. The number of anilines is 1. The normalized spacial score (nSPS) is 18.8. The zero-order valence-electron chi connectivity index (χ0n) is 20.1. The van der Waals surface area contributed by atoms with Crippen LogP contribution in [-0.4, -0.2) is 41.3 Å². The van der Waals surface area contributed by atoms with Crippen molar-refractivity contribution < 1.29 is 10.2 Å². The molecule has 5 heteroatoms. The van der Waals surface area contributed by atoms with Crippen LogP contribution in [0.5, 0.6) is 11.5 Å². The Morgan fingerprint density at radius 1 is 1.09 bits per heavy atom. The minimum Gasteiger partial charge on any atom is -0.507 e. The lowest BCUT2D eigenvalue weighted by atomic mass is 9.83. The molecule has 0 amide bonds. The maximum atomic E-state index is 11.1. The van der Waals surface area contributed by atoms with E-state index in [1.165, 1.54) is 11.3 Å². The summed E-state index contributed by atoms with van der Waals surface area (Å²) in [5.74, 6) is 0.598. The largest absolute Gasteiger partial charge is 0.507 e. The second-order valence-corrected chi connectivity index (χ2v) is 9.55. The second kappa shape index (κ2) is 11.6. The molecule has 1 saturated heterocycles. The maximum Gasteiger partial charge on any atom is 0.127 e. The van der Waals surface area contributed by atoms with Crippen LogP contribution in [0, 0.1) is 6.92 Å². The number of allylic oxidation sites excluding steroid dienone is 3. The van der Waals surface area contributed by atoms with Crippen LogP contribution in [0.15, 0.2) is 54.6 Å². The minimum atomic E-state index is 0.0971. The Kier molecular flexibility index (Phi) is 8.87. The number of rotatable bonds is 4. The van der Waals surface area contributed by atoms with Crippen LogP contribution in [-0.2, 0) is 6.54 Å². The minimum absolute atomic E-state index is 0.0971. The number of benzene rings is 2. The highest BCUT2D eigenvalue weighted by Crippen LogP contribution is 2.43. The lowest BCUT2D eigenvalue weighted by Crippen LogP contribution is -2.46. The first kappa shape index (κ1) is 25.2.